The predicted octanol–water partition coefficient (Wildman–Crippen LogP) is 6.98. The Morgan fingerprint density at radius 2 is 1.51 bits per heavy atom. The molecular weight excluding hydrogens is 501 g/mol. The molecule has 0 aliphatic heterocycles. The number of Topliss-reactive ketones (excluding diaryl/α,β-unsaturated/α-hetero) is 1. The van der Waals surface area contributed by atoms with Crippen LogP contribution >= 0.6 is 23.2 Å². The topological polar surface area (TPSA) is 78.0 Å². The van der Waals surface area contributed by atoms with E-state index in [2.05, 4.69) is 9.97 Å². The molecule has 0 fully saturated rings. The second-order valence-corrected chi connectivity index (χ2v) is 8.20. The quantitative estimate of drug-likeness (QED) is 0.238. The molecule has 6 aromatic rings. The average molecular weight is 515 g/mol. The lowest BCUT2D eigenvalue weighted by Gasteiger charge is -2.03. The van der Waals surface area contributed by atoms with Crippen molar-refractivity contribution in [3.05, 3.63) is 94.9 Å². The summed E-state index contributed by atoms with van der Waals surface area (Å²) < 4.78 is 39.5. The van der Waals surface area contributed by atoms with Crippen LogP contribution in [0, 0.1) is 11.6 Å². The fourth-order valence-corrected chi connectivity index (χ4v) is 4.07. The van der Waals surface area contributed by atoms with Crippen LogP contribution in [0.25, 0.3) is 34.2 Å². The summed E-state index contributed by atoms with van der Waals surface area (Å²) in [5.41, 5.74) is 2.58. The largest absolute Gasteiger partial charge is 0.432 e. The van der Waals surface area contributed by atoms with Crippen molar-refractivity contribution >= 4 is 40.7 Å². The highest BCUT2D eigenvalue weighted by atomic mass is 35.5. The van der Waals surface area contributed by atoms with Crippen LogP contribution < -0.4 is 0 Å². The number of ketones is 1. The number of halogens is 4. The van der Waals surface area contributed by atoms with Gasteiger partial charge in [-0.1, -0.05) is 23.2 Å². The summed E-state index contributed by atoms with van der Waals surface area (Å²) in [7, 11) is 0. The van der Waals surface area contributed by atoms with Gasteiger partial charge in [0.25, 0.3) is 0 Å². The zero-order valence-electron chi connectivity index (χ0n) is 17.9. The molecule has 7 nitrogen and oxygen atoms in total. The third-order valence-corrected chi connectivity index (χ3v) is 5.71. The van der Waals surface area contributed by atoms with Gasteiger partial charge in [0, 0.05) is 36.6 Å². The molecule has 2 aromatic carbocycles. The summed E-state index contributed by atoms with van der Waals surface area (Å²) in [6.07, 6.45) is 8.09. The number of aromatic nitrogens is 4. The highest BCUT2D eigenvalue weighted by molar-refractivity contribution is 6.33. The minimum Gasteiger partial charge on any atom is -0.432 e. The molecule has 0 spiro atoms. The molecule has 11 heteroatoms. The first-order valence-corrected chi connectivity index (χ1v) is 10.9. The smallest absolute Gasteiger partial charge is 0.306 e. The Labute approximate surface area is 206 Å². The molecule has 0 atom stereocenters. The number of fused-ring (bicyclic) bond motifs is 2. The molecular formula is C24H14Cl2F2N4O3. The number of carbonyl (C=O) groups excluding carboxylic acids is 1. The summed E-state index contributed by atoms with van der Waals surface area (Å²) >= 11 is 11.9. The van der Waals surface area contributed by atoms with Gasteiger partial charge in [0.05, 0.1) is 15.7 Å². The normalized spacial score (nSPS) is 11.1. The average Bonchev–Trinajstić information content (AvgIpc) is 3.54. The maximum Gasteiger partial charge on any atom is 0.306 e. The van der Waals surface area contributed by atoms with Gasteiger partial charge in [-0.2, -0.15) is 9.97 Å². The number of benzene rings is 2. The molecule has 0 bridgehead atoms. The van der Waals surface area contributed by atoms with Gasteiger partial charge >= 0.3 is 11.7 Å². The Morgan fingerprint density at radius 3 is 2.14 bits per heavy atom. The minimum absolute atomic E-state index is 0.177. The first-order chi connectivity index (χ1) is 16.8. The second-order valence-electron chi connectivity index (χ2n) is 7.39. The van der Waals surface area contributed by atoms with Crippen LogP contribution in [-0.2, 0) is 0 Å². The maximum absolute atomic E-state index is 13.1. The summed E-state index contributed by atoms with van der Waals surface area (Å²) in [5, 5.41) is 0.531. The lowest BCUT2D eigenvalue weighted by molar-refractivity contribution is 0.101. The second kappa shape index (κ2) is 9.01. The van der Waals surface area contributed by atoms with Crippen molar-refractivity contribution in [2.75, 3.05) is 0 Å². The van der Waals surface area contributed by atoms with E-state index in [4.69, 9.17) is 32.0 Å². The van der Waals surface area contributed by atoms with E-state index in [1.807, 2.05) is 0 Å². The number of rotatable bonds is 3. The Kier molecular flexibility index (Phi) is 5.88. The molecule has 0 amide bonds. The van der Waals surface area contributed by atoms with Crippen LogP contribution in [0.3, 0.4) is 0 Å². The molecule has 0 saturated heterocycles. The van der Waals surface area contributed by atoms with Gasteiger partial charge in [0.15, 0.2) is 5.78 Å². The summed E-state index contributed by atoms with van der Waals surface area (Å²) in [6, 6.07) is 8.15. The molecule has 0 aliphatic carbocycles. The molecule has 0 N–H and O–H groups in total. The van der Waals surface area contributed by atoms with Crippen molar-refractivity contribution in [2.24, 2.45) is 0 Å². The van der Waals surface area contributed by atoms with E-state index in [0.717, 1.165) is 0 Å². The number of carbonyl (C=O) groups is 1. The van der Waals surface area contributed by atoms with E-state index in [0.29, 0.717) is 44.9 Å². The number of nitrogens with zero attached hydrogens (tertiary/aromatic N) is 4. The summed E-state index contributed by atoms with van der Waals surface area (Å²) in [5.74, 6) is -0.210. The fourth-order valence-electron chi connectivity index (χ4n) is 3.55. The Balaban J connectivity index is 0.000000147. The monoisotopic (exact) mass is 514 g/mol. The molecule has 0 unspecified atom stereocenters. The lowest BCUT2D eigenvalue weighted by atomic mass is 10.1. The van der Waals surface area contributed by atoms with Crippen molar-refractivity contribution < 1.29 is 22.4 Å². The molecule has 4 aromatic heterocycles. The fraction of sp³-hybridized carbons (Fsp3) is 0.0417. The number of hydrogen-bond acceptors (Lipinski definition) is 5. The van der Waals surface area contributed by atoms with Crippen molar-refractivity contribution in [1.29, 1.82) is 0 Å². The number of imidazole rings is 2. The van der Waals surface area contributed by atoms with Crippen LogP contribution in [0.4, 0.5) is 8.78 Å². The van der Waals surface area contributed by atoms with Gasteiger partial charge in [-0.25, -0.2) is 8.78 Å². The standard InChI is InChI=1S/C13H8ClFN2O2.C11H6ClFN2O/c1-7(18)12-11(16-13-17(12)4-5-19-13)9-3-2-8(15)6-10(9)14;12-9-5-7(13)1-2-8(9)10-6-15-3-4-16-11(15)14-10/h2-6H,1H3;1-6H. The van der Waals surface area contributed by atoms with Gasteiger partial charge < -0.3 is 8.83 Å². The van der Waals surface area contributed by atoms with E-state index < -0.39 is 5.82 Å². The van der Waals surface area contributed by atoms with Gasteiger partial charge in [-0.3, -0.25) is 13.6 Å². The Morgan fingerprint density at radius 1 is 0.886 bits per heavy atom. The molecule has 176 valence electrons. The third kappa shape index (κ3) is 4.31. The van der Waals surface area contributed by atoms with Crippen LogP contribution in [0.5, 0.6) is 0 Å². The van der Waals surface area contributed by atoms with Crippen molar-refractivity contribution in [3.8, 4) is 22.5 Å². The molecule has 0 saturated carbocycles. The van der Waals surface area contributed by atoms with Crippen LogP contribution in [0.15, 0.2) is 76.3 Å². The summed E-state index contributed by atoms with van der Waals surface area (Å²) in [6.45, 7) is 1.43. The maximum atomic E-state index is 13.1. The lowest BCUT2D eigenvalue weighted by Crippen LogP contribution is -1.99. The Bertz CT molecular complexity index is 1670. The molecule has 0 aliphatic rings. The first kappa shape index (κ1) is 22.8. The number of oxazole rings is 2. The van der Waals surface area contributed by atoms with Crippen LogP contribution in [-0.4, -0.2) is 24.6 Å². The van der Waals surface area contributed by atoms with Gasteiger partial charge in [0.1, 0.15) is 35.5 Å². The van der Waals surface area contributed by atoms with Gasteiger partial charge in [-0.05, 0) is 36.4 Å². The predicted molar refractivity (Wildman–Crippen MR) is 126 cm³/mol. The zero-order chi connectivity index (χ0) is 24.7. The third-order valence-electron chi connectivity index (χ3n) is 5.08. The van der Waals surface area contributed by atoms with Crippen molar-refractivity contribution in [1.82, 2.24) is 18.8 Å². The van der Waals surface area contributed by atoms with Gasteiger partial charge in [-0.15, -0.1) is 0 Å². The van der Waals surface area contributed by atoms with E-state index in [1.54, 1.807) is 35.3 Å². The molecule has 0 radical (unpaired) electrons. The van der Waals surface area contributed by atoms with Crippen LogP contribution in [0.2, 0.25) is 10.0 Å². The Hall–Kier alpha value is -3.95. The highest BCUT2D eigenvalue weighted by Crippen LogP contribution is 2.32. The molecule has 6 rings (SSSR count). The van der Waals surface area contributed by atoms with Crippen molar-refractivity contribution in [2.45, 2.75) is 6.92 Å². The van der Waals surface area contributed by atoms with E-state index in [1.165, 1.54) is 47.9 Å². The highest BCUT2D eigenvalue weighted by Gasteiger charge is 2.21. The SMILES string of the molecule is CC(=O)c1c(-c2ccc(F)cc2Cl)nc2occn12.Fc1ccc(-c2cn3ccoc3n2)c(Cl)c1. The molecule has 35 heavy (non-hydrogen) atoms. The van der Waals surface area contributed by atoms with E-state index >= 15 is 0 Å². The van der Waals surface area contributed by atoms with Crippen molar-refractivity contribution in [3.63, 3.8) is 0 Å². The zero-order valence-corrected chi connectivity index (χ0v) is 19.4. The summed E-state index contributed by atoms with van der Waals surface area (Å²) in [4.78, 5) is 20.2. The van der Waals surface area contributed by atoms with E-state index in [-0.39, 0.29) is 16.6 Å². The van der Waals surface area contributed by atoms with Gasteiger partial charge in [0.2, 0.25) is 0 Å². The van der Waals surface area contributed by atoms with E-state index in [9.17, 15) is 13.6 Å². The minimum atomic E-state index is -0.443. The number of hydrogen-bond donors (Lipinski definition) is 0. The molecule has 4 heterocycles. The van der Waals surface area contributed by atoms with Crippen LogP contribution in [0.1, 0.15) is 17.4 Å². The first-order valence-electron chi connectivity index (χ1n) is 10.1.